The van der Waals surface area contributed by atoms with Crippen molar-refractivity contribution in [3.63, 3.8) is 0 Å². The van der Waals surface area contributed by atoms with Gasteiger partial charge in [-0.3, -0.25) is 0 Å². The van der Waals surface area contributed by atoms with E-state index in [-0.39, 0.29) is 6.03 Å². The lowest BCUT2D eigenvalue weighted by Gasteiger charge is -2.35. The Hall–Kier alpha value is -2.77. The van der Waals surface area contributed by atoms with Gasteiger partial charge in [-0.2, -0.15) is 0 Å². The first-order valence-corrected chi connectivity index (χ1v) is 10.9. The average molecular weight is 485 g/mol. The number of fused-ring (bicyclic) bond motifs is 3. The van der Waals surface area contributed by atoms with E-state index in [1.807, 2.05) is 35.2 Å². The standard InChI is InChI=1S/C22H19BrClN5O/c23-15-6-7-19-18(13-15)26-21(20-5-2-8-29(19)20)27-9-11-28(12-10-27)22(30)25-17-4-1-3-16(24)14-17/h1-8,13-14H,9-12H2,(H,25,30). The van der Waals surface area contributed by atoms with Crippen molar-refractivity contribution in [2.24, 2.45) is 0 Å². The number of carbonyl (C=O) groups excluding carboxylic acids is 1. The number of rotatable bonds is 2. The third-order valence-electron chi connectivity index (χ3n) is 5.34. The van der Waals surface area contributed by atoms with E-state index < -0.39 is 0 Å². The van der Waals surface area contributed by atoms with Gasteiger partial charge in [-0.15, -0.1) is 0 Å². The van der Waals surface area contributed by atoms with Crippen LogP contribution in [-0.4, -0.2) is 46.5 Å². The maximum Gasteiger partial charge on any atom is 0.321 e. The molecule has 2 amide bonds. The van der Waals surface area contributed by atoms with Crippen molar-refractivity contribution < 1.29 is 4.79 Å². The third kappa shape index (κ3) is 3.59. The van der Waals surface area contributed by atoms with E-state index in [0.717, 1.165) is 39.9 Å². The second kappa shape index (κ2) is 7.81. The van der Waals surface area contributed by atoms with Crippen LogP contribution in [0.3, 0.4) is 0 Å². The molecule has 0 aliphatic carbocycles. The first kappa shape index (κ1) is 19.2. The maximum absolute atomic E-state index is 12.6. The summed E-state index contributed by atoms with van der Waals surface area (Å²) in [6.45, 7) is 2.68. The highest BCUT2D eigenvalue weighted by atomic mass is 79.9. The van der Waals surface area contributed by atoms with Crippen LogP contribution in [0.5, 0.6) is 0 Å². The van der Waals surface area contributed by atoms with E-state index >= 15 is 0 Å². The molecule has 30 heavy (non-hydrogen) atoms. The van der Waals surface area contributed by atoms with Crippen LogP contribution in [0.15, 0.2) is 65.3 Å². The number of urea groups is 1. The molecule has 1 aliphatic heterocycles. The van der Waals surface area contributed by atoms with Gasteiger partial charge in [0.15, 0.2) is 5.82 Å². The summed E-state index contributed by atoms with van der Waals surface area (Å²) in [5, 5.41) is 3.52. The number of hydrogen-bond acceptors (Lipinski definition) is 3. The Morgan fingerprint density at radius 3 is 2.63 bits per heavy atom. The zero-order valence-corrected chi connectivity index (χ0v) is 18.4. The molecule has 0 unspecified atom stereocenters. The Balaban J connectivity index is 1.35. The number of aromatic nitrogens is 2. The van der Waals surface area contributed by atoms with Crippen molar-refractivity contribution in [3.8, 4) is 0 Å². The molecule has 4 aromatic rings. The fourth-order valence-corrected chi connectivity index (χ4v) is 4.40. The van der Waals surface area contributed by atoms with Crippen LogP contribution in [0, 0.1) is 0 Å². The van der Waals surface area contributed by atoms with Crippen molar-refractivity contribution in [1.82, 2.24) is 14.3 Å². The number of halogens is 2. The summed E-state index contributed by atoms with van der Waals surface area (Å²) in [6, 6.07) is 17.3. The molecular weight excluding hydrogens is 466 g/mol. The molecule has 1 saturated heterocycles. The summed E-state index contributed by atoms with van der Waals surface area (Å²) in [7, 11) is 0. The molecule has 0 spiro atoms. The minimum atomic E-state index is -0.111. The number of carbonyl (C=O) groups is 1. The highest BCUT2D eigenvalue weighted by Crippen LogP contribution is 2.28. The lowest BCUT2D eigenvalue weighted by Crippen LogP contribution is -2.50. The third-order valence-corrected chi connectivity index (χ3v) is 6.07. The minimum absolute atomic E-state index is 0.111. The van der Waals surface area contributed by atoms with Gasteiger partial charge in [-0.25, -0.2) is 9.78 Å². The Bertz CT molecular complexity index is 1250. The van der Waals surface area contributed by atoms with Gasteiger partial charge < -0.3 is 19.5 Å². The van der Waals surface area contributed by atoms with Crippen LogP contribution < -0.4 is 10.2 Å². The van der Waals surface area contributed by atoms with Gasteiger partial charge in [0.1, 0.15) is 0 Å². The maximum atomic E-state index is 12.6. The van der Waals surface area contributed by atoms with Crippen LogP contribution in [0.2, 0.25) is 5.02 Å². The quantitative estimate of drug-likeness (QED) is 0.422. The zero-order chi connectivity index (χ0) is 20.7. The Kier molecular flexibility index (Phi) is 5.00. The van der Waals surface area contributed by atoms with E-state index in [4.69, 9.17) is 16.6 Å². The van der Waals surface area contributed by atoms with E-state index in [0.29, 0.717) is 23.8 Å². The fourth-order valence-electron chi connectivity index (χ4n) is 3.86. The van der Waals surface area contributed by atoms with E-state index in [9.17, 15) is 4.79 Å². The van der Waals surface area contributed by atoms with Crippen LogP contribution in [0.4, 0.5) is 16.3 Å². The Morgan fingerprint density at radius 1 is 1.00 bits per heavy atom. The molecule has 0 atom stereocenters. The largest absolute Gasteiger partial charge is 0.351 e. The van der Waals surface area contributed by atoms with Gasteiger partial charge in [-0.1, -0.05) is 33.6 Å². The highest BCUT2D eigenvalue weighted by molar-refractivity contribution is 9.10. The van der Waals surface area contributed by atoms with Crippen LogP contribution in [-0.2, 0) is 0 Å². The summed E-state index contributed by atoms with van der Waals surface area (Å²) < 4.78 is 3.17. The number of amides is 2. The van der Waals surface area contributed by atoms with Gasteiger partial charge in [-0.05, 0) is 48.5 Å². The van der Waals surface area contributed by atoms with Crippen LogP contribution >= 0.6 is 27.5 Å². The Morgan fingerprint density at radius 2 is 1.83 bits per heavy atom. The van der Waals surface area contributed by atoms with Crippen molar-refractivity contribution >= 4 is 61.6 Å². The first-order chi connectivity index (χ1) is 14.6. The van der Waals surface area contributed by atoms with E-state index in [2.05, 4.69) is 48.9 Å². The summed E-state index contributed by atoms with van der Waals surface area (Å²) in [4.78, 5) is 21.7. The van der Waals surface area contributed by atoms with Crippen molar-refractivity contribution in [1.29, 1.82) is 0 Å². The molecule has 3 heterocycles. The number of nitrogens with one attached hydrogen (secondary N) is 1. The molecule has 0 radical (unpaired) electrons. The summed E-state index contributed by atoms with van der Waals surface area (Å²) in [5.74, 6) is 0.945. The normalized spacial score (nSPS) is 14.5. The lowest BCUT2D eigenvalue weighted by atomic mass is 10.2. The van der Waals surface area contributed by atoms with Crippen molar-refractivity contribution in [2.75, 3.05) is 36.4 Å². The molecule has 0 bridgehead atoms. The molecule has 1 fully saturated rings. The first-order valence-electron chi connectivity index (χ1n) is 9.71. The van der Waals surface area contributed by atoms with Crippen molar-refractivity contribution in [2.45, 2.75) is 0 Å². The number of anilines is 2. The molecule has 2 aromatic heterocycles. The van der Waals surface area contributed by atoms with E-state index in [1.54, 1.807) is 12.1 Å². The predicted molar refractivity (Wildman–Crippen MR) is 125 cm³/mol. The van der Waals surface area contributed by atoms with Gasteiger partial charge in [0, 0.05) is 47.6 Å². The van der Waals surface area contributed by atoms with Gasteiger partial charge in [0.25, 0.3) is 0 Å². The molecule has 5 rings (SSSR count). The molecule has 0 saturated carbocycles. The molecule has 1 N–H and O–H groups in total. The molecular formula is C22H19BrClN5O. The number of piperazine rings is 1. The molecule has 152 valence electrons. The Labute approximate surface area is 187 Å². The monoisotopic (exact) mass is 483 g/mol. The molecule has 2 aromatic carbocycles. The van der Waals surface area contributed by atoms with Gasteiger partial charge >= 0.3 is 6.03 Å². The van der Waals surface area contributed by atoms with Gasteiger partial charge in [0.05, 0.1) is 16.6 Å². The highest BCUT2D eigenvalue weighted by Gasteiger charge is 2.24. The zero-order valence-electron chi connectivity index (χ0n) is 16.1. The molecule has 1 aliphatic rings. The minimum Gasteiger partial charge on any atom is -0.351 e. The fraction of sp³-hybridized carbons (Fsp3) is 0.182. The SMILES string of the molecule is O=C(Nc1cccc(Cl)c1)N1CCN(c2nc3cc(Br)ccc3n3cccc23)CC1. The topological polar surface area (TPSA) is 52.9 Å². The summed E-state index contributed by atoms with van der Waals surface area (Å²) >= 11 is 9.55. The number of nitrogens with zero attached hydrogens (tertiary/aromatic N) is 4. The number of benzene rings is 2. The average Bonchev–Trinajstić information content (AvgIpc) is 3.23. The second-order valence-electron chi connectivity index (χ2n) is 7.25. The summed E-state index contributed by atoms with van der Waals surface area (Å²) in [6.07, 6.45) is 2.06. The summed E-state index contributed by atoms with van der Waals surface area (Å²) in [5.41, 5.74) is 3.78. The van der Waals surface area contributed by atoms with Crippen LogP contribution in [0.1, 0.15) is 0 Å². The second-order valence-corrected chi connectivity index (χ2v) is 8.60. The van der Waals surface area contributed by atoms with E-state index in [1.165, 1.54) is 0 Å². The number of hydrogen-bond donors (Lipinski definition) is 1. The lowest BCUT2D eigenvalue weighted by molar-refractivity contribution is 0.208. The predicted octanol–water partition coefficient (Wildman–Crippen LogP) is 5.26. The van der Waals surface area contributed by atoms with Gasteiger partial charge in [0.2, 0.25) is 0 Å². The molecule has 8 heteroatoms. The molecule has 6 nitrogen and oxygen atoms in total. The van der Waals surface area contributed by atoms with Crippen LogP contribution in [0.25, 0.3) is 16.6 Å². The smallest absolute Gasteiger partial charge is 0.321 e. The van der Waals surface area contributed by atoms with Crippen molar-refractivity contribution in [3.05, 3.63) is 70.3 Å².